The Morgan fingerprint density at radius 3 is 2.61 bits per heavy atom. The van der Waals surface area contributed by atoms with Gasteiger partial charge >= 0.3 is 0 Å². The van der Waals surface area contributed by atoms with Crippen LogP contribution in [0.2, 0.25) is 0 Å². The van der Waals surface area contributed by atoms with Gasteiger partial charge in [0.15, 0.2) is 12.6 Å². The molecule has 1 amide bonds. The van der Waals surface area contributed by atoms with Gasteiger partial charge in [-0.2, -0.15) is 0 Å². The van der Waals surface area contributed by atoms with Gasteiger partial charge in [-0.05, 0) is 49.7 Å². The first-order chi connectivity index (χ1) is 15.6. The van der Waals surface area contributed by atoms with Crippen LogP contribution >= 0.6 is 24.0 Å². The number of amides is 1. The smallest absolute Gasteiger partial charge is 0.255 e. The lowest BCUT2D eigenvalue weighted by atomic mass is 10.0. The molecule has 1 heterocycles. The highest BCUT2D eigenvalue weighted by Gasteiger charge is 2.26. The maximum atomic E-state index is 10.9. The van der Waals surface area contributed by atoms with Crippen molar-refractivity contribution in [1.82, 2.24) is 15.5 Å². The van der Waals surface area contributed by atoms with Crippen molar-refractivity contribution in [2.24, 2.45) is 10.7 Å². The van der Waals surface area contributed by atoms with E-state index in [9.17, 15) is 4.79 Å². The number of nitrogens with zero attached hydrogens (tertiary/aromatic N) is 2. The van der Waals surface area contributed by atoms with Crippen LogP contribution in [0.4, 0.5) is 0 Å². The summed E-state index contributed by atoms with van der Waals surface area (Å²) < 4.78 is 11.0. The van der Waals surface area contributed by atoms with E-state index in [0.29, 0.717) is 24.8 Å². The molecular formula is C24H34IN5O3. The second-order valence-electron chi connectivity index (χ2n) is 7.71. The van der Waals surface area contributed by atoms with Crippen molar-refractivity contribution in [2.45, 2.75) is 25.4 Å². The van der Waals surface area contributed by atoms with Gasteiger partial charge in [0.1, 0.15) is 11.5 Å². The number of hydrogen-bond donors (Lipinski definition) is 3. The topological polar surface area (TPSA) is 101 Å². The molecule has 33 heavy (non-hydrogen) atoms. The maximum absolute atomic E-state index is 10.9. The lowest BCUT2D eigenvalue weighted by molar-refractivity contribution is -0.119. The lowest BCUT2D eigenvalue weighted by Crippen LogP contribution is -2.42. The van der Waals surface area contributed by atoms with Crippen LogP contribution in [0.15, 0.2) is 53.5 Å². The van der Waals surface area contributed by atoms with Crippen molar-refractivity contribution in [1.29, 1.82) is 0 Å². The molecule has 0 spiro atoms. The standard InChI is InChI=1S/C24H33N5O3.HI/c1-26-24(27-15-18-8-7-9-19(14-18)32-17-23(25)30)28-16-21(29-12-5-6-13-29)20-10-3-4-11-22(20)31-2;/h3-4,7-11,14,21H,5-6,12-13,15-17H2,1-2H3,(H2,25,30)(H2,26,27,28);1H. The number of para-hydroxylation sites is 1. The van der Waals surface area contributed by atoms with Crippen molar-refractivity contribution in [3.63, 3.8) is 0 Å². The predicted octanol–water partition coefficient (Wildman–Crippen LogP) is 2.68. The molecule has 2 aromatic rings. The normalized spacial score (nSPS) is 14.8. The zero-order chi connectivity index (χ0) is 22.8. The highest BCUT2D eigenvalue weighted by Crippen LogP contribution is 2.31. The summed E-state index contributed by atoms with van der Waals surface area (Å²) in [6.07, 6.45) is 2.43. The monoisotopic (exact) mass is 567 g/mol. The molecule has 0 aromatic heterocycles. The first-order valence-corrected chi connectivity index (χ1v) is 10.9. The molecule has 1 fully saturated rings. The molecule has 1 atom stereocenters. The summed E-state index contributed by atoms with van der Waals surface area (Å²) >= 11 is 0. The molecule has 3 rings (SSSR count). The zero-order valence-corrected chi connectivity index (χ0v) is 21.6. The van der Waals surface area contributed by atoms with E-state index in [1.54, 1.807) is 20.2 Å². The third kappa shape index (κ3) is 8.08. The van der Waals surface area contributed by atoms with Crippen LogP contribution in [-0.4, -0.2) is 57.2 Å². The number of halogens is 1. The number of ether oxygens (including phenoxy) is 2. The van der Waals surface area contributed by atoms with Crippen molar-refractivity contribution in [3.05, 3.63) is 59.7 Å². The van der Waals surface area contributed by atoms with E-state index in [-0.39, 0.29) is 36.6 Å². The van der Waals surface area contributed by atoms with Crippen molar-refractivity contribution < 1.29 is 14.3 Å². The van der Waals surface area contributed by atoms with Gasteiger partial charge in [0.2, 0.25) is 0 Å². The van der Waals surface area contributed by atoms with E-state index in [0.717, 1.165) is 24.4 Å². The molecule has 1 aliphatic rings. The van der Waals surface area contributed by atoms with Crippen LogP contribution in [0.5, 0.6) is 11.5 Å². The Labute approximate surface area is 212 Å². The van der Waals surface area contributed by atoms with Gasteiger partial charge < -0.3 is 25.8 Å². The number of carbonyl (C=O) groups excluding carboxylic acids is 1. The summed E-state index contributed by atoms with van der Waals surface area (Å²) in [6, 6.07) is 15.9. The van der Waals surface area contributed by atoms with Crippen LogP contribution < -0.4 is 25.8 Å². The maximum Gasteiger partial charge on any atom is 0.255 e. The first-order valence-electron chi connectivity index (χ1n) is 10.9. The fraction of sp³-hybridized carbons (Fsp3) is 0.417. The summed E-state index contributed by atoms with van der Waals surface area (Å²) in [5, 5.41) is 6.82. The molecule has 0 aliphatic carbocycles. The second-order valence-corrected chi connectivity index (χ2v) is 7.71. The molecule has 0 saturated carbocycles. The van der Waals surface area contributed by atoms with Gasteiger partial charge in [0, 0.05) is 25.7 Å². The molecule has 1 saturated heterocycles. The van der Waals surface area contributed by atoms with Gasteiger partial charge in [-0.25, -0.2) is 0 Å². The molecule has 9 heteroatoms. The number of aliphatic imine (C=N–C) groups is 1. The van der Waals surface area contributed by atoms with Gasteiger partial charge in [-0.1, -0.05) is 30.3 Å². The van der Waals surface area contributed by atoms with Crippen LogP contribution in [-0.2, 0) is 11.3 Å². The number of rotatable bonds is 10. The number of methoxy groups -OCH3 is 1. The Kier molecular flexibility index (Phi) is 11.2. The fourth-order valence-corrected chi connectivity index (χ4v) is 3.93. The number of benzene rings is 2. The van der Waals surface area contributed by atoms with Crippen LogP contribution in [0, 0.1) is 0 Å². The van der Waals surface area contributed by atoms with E-state index in [1.807, 2.05) is 30.3 Å². The Bertz CT molecular complexity index is 918. The third-order valence-corrected chi connectivity index (χ3v) is 5.51. The van der Waals surface area contributed by atoms with E-state index < -0.39 is 5.91 Å². The number of guanidine groups is 1. The molecule has 0 radical (unpaired) electrons. The number of hydrogen-bond acceptors (Lipinski definition) is 5. The lowest BCUT2D eigenvalue weighted by Gasteiger charge is -2.30. The van der Waals surface area contributed by atoms with Crippen molar-refractivity contribution in [2.75, 3.05) is 40.4 Å². The second kappa shape index (κ2) is 13.9. The number of primary amides is 1. The molecule has 1 unspecified atom stereocenters. The summed E-state index contributed by atoms with van der Waals surface area (Å²) in [6.45, 7) is 3.29. The number of carbonyl (C=O) groups is 1. The summed E-state index contributed by atoms with van der Waals surface area (Å²) in [4.78, 5) is 17.8. The summed E-state index contributed by atoms with van der Waals surface area (Å²) in [5.74, 6) is 1.73. The average Bonchev–Trinajstić information content (AvgIpc) is 3.35. The van der Waals surface area contributed by atoms with Crippen molar-refractivity contribution >= 4 is 35.8 Å². The number of likely N-dealkylation sites (tertiary alicyclic amines) is 1. The van der Waals surface area contributed by atoms with Crippen molar-refractivity contribution in [3.8, 4) is 11.5 Å². The van der Waals surface area contributed by atoms with E-state index in [1.165, 1.54) is 18.4 Å². The molecule has 4 N–H and O–H groups in total. The Morgan fingerprint density at radius 2 is 1.91 bits per heavy atom. The molecule has 8 nitrogen and oxygen atoms in total. The number of nitrogens with two attached hydrogens (primary N) is 1. The largest absolute Gasteiger partial charge is 0.496 e. The van der Waals surface area contributed by atoms with E-state index >= 15 is 0 Å². The molecule has 0 bridgehead atoms. The molecule has 1 aliphatic heterocycles. The van der Waals surface area contributed by atoms with Gasteiger partial charge in [0.25, 0.3) is 5.91 Å². The highest BCUT2D eigenvalue weighted by molar-refractivity contribution is 14.0. The minimum Gasteiger partial charge on any atom is -0.496 e. The Hall–Kier alpha value is -2.53. The summed E-state index contributed by atoms with van der Waals surface area (Å²) in [5.41, 5.74) is 7.34. The minimum absolute atomic E-state index is 0. The Morgan fingerprint density at radius 1 is 1.15 bits per heavy atom. The van der Waals surface area contributed by atoms with E-state index in [2.05, 4.69) is 32.7 Å². The highest BCUT2D eigenvalue weighted by atomic mass is 127. The van der Waals surface area contributed by atoms with Gasteiger partial charge in [0.05, 0.1) is 13.2 Å². The molecule has 180 valence electrons. The Balaban J connectivity index is 0.00000385. The van der Waals surface area contributed by atoms with E-state index in [4.69, 9.17) is 15.2 Å². The quantitative estimate of drug-likeness (QED) is 0.232. The number of nitrogens with one attached hydrogen (secondary N) is 2. The predicted molar refractivity (Wildman–Crippen MR) is 141 cm³/mol. The third-order valence-electron chi connectivity index (χ3n) is 5.51. The SMILES string of the molecule is CN=C(NCc1cccc(OCC(N)=O)c1)NCC(c1ccccc1OC)N1CCCC1.I. The van der Waals surface area contributed by atoms with Gasteiger partial charge in [-0.3, -0.25) is 14.7 Å². The van der Waals surface area contributed by atoms with Crippen LogP contribution in [0.3, 0.4) is 0 Å². The molecular weight excluding hydrogens is 533 g/mol. The van der Waals surface area contributed by atoms with Gasteiger partial charge in [-0.15, -0.1) is 24.0 Å². The first kappa shape index (κ1) is 26.7. The fourth-order valence-electron chi connectivity index (χ4n) is 3.93. The zero-order valence-electron chi connectivity index (χ0n) is 19.3. The van der Waals surface area contributed by atoms with Crippen LogP contribution in [0.25, 0.3) is 0 Å². The minimum atomic E-state index is -0.499. The molecule has 2 aromatic carbocycles. The average molecular weight is 567 g/mol. The summed E-state index contributed by atoms with van der Waals surface area (Å²) in [7, 11) is 3.48. The van der Waals surface area contributed by atoms with Crippen LogP contribution in [0.1, 0.15) is 30.0 Å².